The fourth-order valence-corrected chi connectivity index (χ4v) is 1.74. The zero-order chi connectivity index (χ0) is 13.7. The molecule has 1 heterocycles. The van der Waals surface area contributed by atoms with Crippen LogP contribution in [0, 0.1) is 0 Å². The molecular formula is C15H19N3O. The van der Waals surface area contributed by atoms with E-state index >= 15 is 0 Å². The first-order valence-corrected chi connectivity index (χ1v) is 6.27. The van der Waals surface area contributed by atoms with Crippen LogP contribution in [0.4, 0.5) is 11.5 Å². The molecule has 0 saturated carbocycles. The van der Waals surface area contributed by atoms with Crippen molar-refractivity contribution in [1.29, 1.82) is 0 Å². The number of nitrogens with zero attached hydrogens (tertiary/aromatic N) is 1. The van der Waals surface area contributed by atoms with E-state index < -0.39 is 0 Å². The third-order valence-electron chi connectivity index (χ3n) is 2.61. The summed E-state index contributed by atoms with van der Waals surface area (Å²) in [6.07, 6.45) is 0. The number of ether oxygens (including phenoxy) is 1. The van der Waals surface area contributed by atoms with Crippen molar-refractivity contribution in [2.75, 3.05) is 30.8 Å². The van der Waals surface area contributed by atoms with Crippen molar-refractivity contribution in [3.8, 4) is 0 Å². The Hall–Kier alpha value is -2.07. The summed E-state index contributed by atoms with van der Waals surface area (Å²) in [4.78, 5) is 4.51. The van der Waals surface area contributed by atoms with Crippen LogP contribution in [0.1, 0.15) is 6.92 Å². The Morgan fingerprint density at radius 2 is 2.21 bits per heavy atom. The monoisotopic (exact) mass is 257 g/mol. The molecule has 2 rings (SSSR count). The number of hydrogen-bond acceptors (Lipinski definition) is 4. The van der Waals surface area contributed by atoms with Crippen LogP contribution < -0.4 is 11.1 Å². The highest BCUT2D eigenvalue weighted by atomic mass is 16.5. The summed E-state index contributed by atoms with van der Waals surface area (Å²) >= 11 is 0. The van der Waals surface area contributed by atoms with E-state index in [2.05, 4.69) is 16.9 Å². The van der Waals surface area contributed by atoms with E-state index in [0.717, 1.165) is 34.5 Å². The third kappa shape index (κ3) is 3.96. The number of pyridine rings is 1. The molecule has 4 nitrogen and oxygen atoms in total. The van der Waals surface area contributed by atoms with E-state index in [9.17, 15) is 0 Å². The summed E-state index contributed by atoms with van der Waals surface area (Å²) in [5.74, 6) is 0.844. The van der Waals surface area contributed by atoms with Crippen LogP contribution in [0.5, 0.6) is 0 Å². The highest BCUT2D eigenvalue weighted by Gasteiger charge is 1.98. The molecule has 2 aromatic rings. The molecule has 0 saturated heterocycles. The molecule has 0 aliphatic rings. The van der Waals surface area contributed by atoms with Crippen molar-refractivity contribution < 1.29 is 4.74 Å². The fraction of sp³-hybridized carbons (Fsp3) is 0.267. The van der Waals surface area contributed by atoms with Crippen molar-refractivity contribution >= 4 is 22.4 Å². The number of benzene rings is 1. The minimum Gasteiger partial charge on any atom is -0.399 e. The molecule has 0 spiro atoms. The fourth-order valence-electron chi connectivity index (χ4n) is 1.74. The van der Waals surface area contributed by atoms with E-state index in [1.807, 2.05) is 37.3 Å². The van der Waals surface area contributed by atoms with Gasteiger partial charge in [0.25, 0.3) is 0 Å². The maximum atomic E-state index is 5.73. The Morgan fingerprint density at radius 3 is 3.00 bits per heavy atom. The number of nitrogens with two attached hydrogens (primary N) is 1. The summed E-state index contributed by atoms with van der Waals surface area (Å²) < 4.78 is 5.41. The maximum absolute atomic E-state index is 5.73. The van der Waals surface area contributed by atoms with E-state index in [1.165, 1.54) is 0 Å². The number of rotatable bonds is 6. The van der Waals surface area contributed by atoms with Crippen molar-refractivity contribution in [3.63, 3.8) is 0 Å². The standard InChI is InChI=1S/C15H19N3O/c1-11(2)10-19-8-7-17-15-6-3-12-9-13(16)4-5-14(12)18-15/h3-6,9H,1,7-8,10,16H2,2H3,(H,17,18). The second-order valence-electron chi connectivity index (χ2n) is 4.59. The molecule has 100 valence electrons. The third-order valence-corrected chi connectivity index (χ3v) is 2.61. The summed E-state index contributed by atoms with van der Waals surface area (Å²) in [6.45, 7) is 7.69. The first-order chi connectivity index (χ1) is 9.15. The normalized spacial score (nSPS) is 10.6. The van der Waals surface area contributed by atoms with Crippen molar-refractivity contribution in [3.05, 3.63) is 42.5 Å². The molecule has 0 aliphatic carbocycles. The van der Waals surface area contributed by atoms with Crippen molar-refractivity contribution in [2.45, 2.75) is 6.92 Å². The molecule has 0 fully saturated rings. The summed E-state index contributed by atoms with van der Waals surface area (Å²) in [7, 11) is 0. The Labute approximate surface area is 113 Å². The molecule has 4 heteroatoms. The Kier molecular flexibility index (Phi) is 4.36. The molecule has 19 heavy (non-hydrogen) atoms. The van der Waals surface area contributed by atoms with Gasteiger partial charge in [0.1, 0.15) is 5.82 Å². The van der Waals surface area contributed by atoms with E-state index in [4.69, 9.17) is 10.5 Å². The van der Waals surface area contributed by atoms with Gasteiger partial charge in [-0.3, -0.25) is 0 Å². The van der Waals surface area contributed by atoms with Crippen LogP contribution in [0.3, 0.4) is 0 Å². The number of hydrogen-bond donors (Lipinski definition) is 2. The highest BCUT2D eigenvalue weighted by molar-refractivity contribution is 5.83. The average Bonchev–Trinajstić information content (AvgIpc) is 2.38. The van der Waals surface area contributed by atoms with Crippen LogP contribution in [-0.4, -0.2) is 24.7 Å². The lowest BCUT2D eigenvalue weighted by atomic mass is 10.2. The molecule has 1 aromatic heterocycles. The molecule has 1 aromatic carbocycles. The summed E-state index contributed by atoms with van der Waals surface area (Å²) in [6, 6.07) is 9.65. The van der Waals surface area contributed by atoms with Gasteiger partial charge in [0, 0.05) is 17.6 Å². The topological polar surface area (TPSA) is 60.2 Å². The predicted molar refractivity (Wildman–Crippen MR) is 80.3 cm³/mol. The summed E-state index contributed by atoms with van der Waals surface area (Å²) in [5.41, 5.74) is 8.45. The lowest BCUT2D eigenvalue weighted by molar-refractivity contribution is 0.167. The lowest BCUT2D eigenvalue weighted by Crippen LogP contribution is -2.11. The lowest BCUT2D eigenvalue weighted by Gasteiger charge is -2.08. The molecule has 0 bridgehead atoms. The second kappa shape index (κ2) is 6.20. The van der Waals surface area contributed by atoms with Gasteiger partial charge in [0.05, 0.1) is 18.7 Å². The minimum atomic E-state index is 0.603. The number of nitrogens with one attached hydrogen (secondary N) is 1. The average molecular weight is 257 g/mol. The highest BCUT2D eigenvalue weighted by Crippen LogP contribution is 2.17. The van der Waals surface area contributed by atoms with E-state index in [1.54, 1.807) is 0 Å². The predicted octanol–water partition coefficient (Wildman–Crippen LogP) is 2.82. The maximum Gasteiger partial charge on any atom is 0.126 e. The Morgan fingerprint density at radius 1 is 1.37 bits per heavy atom. The molecule has 0 aliphatic heterocycles. The van der Waals surface area contributed by atoms with Gasteiger partial charge >= 0.3 is 0 Å². The zero-order valence-electron chi connectivity index (χ0n) is 11.1. The van der Waals surface area contributed by atoms with Gasteiger partial charge in [-0.15, -0.1) is 0 Å². The van der Waals surface area contributed by atoms with Crippen LogP contribution >= 0.6 is 0 Å². The molecule has 0 atom stereocenters. The second-order valence-corrected chi connectivity index (χ2v) is 4.59. The van der Waals surface area contributed by atoms with Gasteiger partial charge in [-0.1, -0.05) is 12.2 Å². The number of aromatic nitrogens is 1. The molecule has 3 N–H and O–H groups in total. The number of anilines is 2. The number of nitrogen functional groups attached to an aromatic ring is 1. The van der Waals surface area contributed by atoms with Gasteiger partial charge in [-0.2, -0.15) is 0 Å². The first kappa shape index (κ1) is 13.4. The quantitative estimate of drug-likeness (QED) is 0.474. The van der Waals surface area contributed by atoms with Gasteiger partial charge in [0.2, 0.25) is 0 Å². The Balaban J connectivity index is 1.91. The van der Waals surface area contributed by atoms with Crippen LogP contribution in [-0.2, 0) is 4.74 Å². The minimum absolute atomic E-state index is 0.603. The SMILES string of the molecule is C=C(C)COCCNc1ccc2cc(N)ccc2n1. The van der Waals surface area contributed by atoms with Gasteiger partial charge < -0.3 is 15.8 Å². The molecular weight excluding hydrogens is 238 g/mol. The van der Waals surface area contributed by atoms with Crippen molar-refractivity contribution in [1.82, 2.24) is 4.98 Å². The van der Waals surface area contributed by atoms with Crippen molar-refractivity contribution in [2.24, 2.45) is 0 Å². The van der Waals surface area contributed by atoms with E-state index in [0.29, 0.717) is 13.2 Å². The van der Waals surface area contributed by atoms with Crippen LogP contribution in [0.2, 0.25) is 0 Å². The summed E-state index contributed by atoms with van der Waals surface area (Å²) in [5, 5.41) is 4.27. The molecule has 0 radical (unpaired) electrons. The number of fused-ring (bicyclic) bond motifs is 1. The first-order valence-electron chi connectivity index (χ1n) is 6.27. The van der Waals surface area contributed by atoms with E-state index in [-0.39, 0.29) is 0 Å². The smallest absolute Gasteiger partial charge is 0.126 e. The Bertz CT molecular complexity index is 581. The molecule has 0 unspecified atom stereocenters. The van der Waals surface area contributed by atoms with Gasteiger partial charge in [0.15, 0.2) is 0 Å². The van der Waals surface area contributed by atoms with Crippen LogP contribution in [0.25, 0.3) is 10.9 Å². The van der Waals surface area contributed by atoms with Gasteiger partial charge in [-0.05, 0) is 37.3 Å². The molecule has 0 amide bonds. The van der Waals surface area contributed by atoms with Gasteiger partial charge in [-0.25, -0.2) is 4.98 Å². The zero-order valence-corrected chi connectivity index (χ0v) is 11.1. The largest absolute Gasteiger partial charge is 0.399 e. The van der Waals surface area contributed by atoms with Crippen LogP contribution in [0.15, 0.2) is 42.5 Å².